The zero-order valence-corrected chi connectivity index (χ0v) is 13.8. The molecule has 0 spiro atoms. The molecule has 0 saturated carbocycles. The Labute approximate surface area is 129 Å². The van der Waals surface area contributed by atoms with E-state index < -0.39 is 0 Å². The summed E-state index contributed by atoms with van der Waals surface area (Å²) in [7, 11) is 2.28. The summed E-state index contributed by atoms with van der Waals surface area (Å²) < 4.78 is 6.08. The number of aryl methyl sites for hydroxylation is 2. The fourth-order valence-electron chi connectivity index (χ4n) is 3.13. The Hall–Kier alpha value is -1.32. The van der Waals surface area contributed by atoms with Gasteiger partial charge in [0.2, 0.25) is 0 Å². The maximum Gasteiger partial charge on any atom is 0.137 e. The predicted octanol–water partition coefficient (Wildman–Crippen LogP) is -0.176. The topological polar surface area (TPSA) is 18.1 Å². The molecule has 0 bridgehead atoms. The third kappa shape index (κ3) is 4.58. The molecule has 1 aliphatic rings. The molecule has 2 N–H and O–H groups in total. The Kier molecular flexibility index (Phi) is 5.83. The molecule has 1 heterocycles. The predicted molar refractivity (Wildman–Crippen MR) is 87.5 cm³/mol. The molecule has 0 aliphatic carbocycles. The zero-order valence-electron chi connectivity index (χ0n) is 13.8. The van der Waals surface area contributed by atoms with E-state index in [-0.39, 0.29) is 0 Å². The Bertz CT molecular complexity index is 453. The zero-order chi connectivity index (χ0) is 15.2. The molecule has 1 saturated heterocycles. The molecule has 1 aliphatic heterocycles. The van der Waals surface area contributed by atoms with E-state index in [0.29, 0.717) is 0 Å². The average molecular weight is 290 g/mol. The highest BCUT2D eigenvalue weighted by Crippen LogP contribution is 2.25. The van der Waals surface area contributed by atoms with E-state index in [0.717, 1.165) is 25.3 Å². The van der Waals surface area contributed by atoms with Gasteiger partial charge in [0.25, 0.3) is 0 Å². The fraction of sp³-hybridized carbons (Fsp3) is 0.556. The van der Waals surface area contributed by atoms with Gasteiger partial charge in [-0.05, 0) is 37.0 Å². The van der Waals surface area contributed by atoms with E-state index in [4.69, 9.17) is 4.74 Å². The van der Waals surface area contributed by atoms with Crippen LogP contribution in [0.2, 0.25) is 0 Å². The molecule has 1 aromatic carbocycles. The third-order valence-electron chi connectivity index (χ3n) is 4.41. The van der Waals surface area contributed by atoms with Gasteiger partial charge in [0.1, 0.15) is 45.1 Å². The minimum Gasteiger partial charge on any atom is -0.487 e. The number of allylic oxidation sites excluding steroid dienone is 1. The fourth-order valence-corrected chi connectivity index (χ4v) is 3.13. The molecule has 2 rings (SSSR count). The first-order valence-electron chi connectivity index (χ1n) is 8.09. The Morgan fingerprint density at radius 1 is 1.14 bits per heavy atom. The number of nitrogens with one attached hydrogen (secondary N) is 2. The lowest BCUT2D eigenvalue weighted by atomic mass is 10.0. The highest BCUT2D eigenvalue weighted by Gasteiger charge is 2.19. The van der Waals surface area contributed by atoms with Gasteiger partial charge in [-0.3, -0.25) is 0 Å². The lowest BCUT2D eigenvalue weighted by Gasteiger charge is -2.27. The Balaban J connectivity index is 1.87. The monoisotopic (exact) mass is 290 g/mol. The largest absolute Gasteiger partial charge is 0.487 e. The van der Waals surface area contributed by atoms with Gasteiger partial charge in [-0.15, -0.1) is 6.58 Å². The summed E-state index contributed by atoms with van der Waals surface area (Å²) in [6, 6.07) is 4.44. The van der Waals surface area contributed by atoms with Crippen molar-refractivity contribution in [3.8, 4) is 5.75 Å². The second-order valence-corrected chi connectivity index (χ2v) is 6.36. The van der Waals surface area contributed by atoms with E-state index in [2.05, 4.69) is 39.6 Å². The summed E-state index contributed by atoms with van der Waals surface area (Å²) in [4.78, 5) is 3.34. The first-order chi connectivity index (χ1) is 10.1. The van der Waals surface area contributed by atoms with Crippen molar-refractivity contribution in [1.82, 2.24) is 0 Å². The van der Waals surface area contributed by atoms with Crippen LogP contribution in [0.25, 0.3) is 0 Å². The van der Waals surface area contributed by atoms with Gasteiger partial charge in [-0.1, -0.05) is 18.2 Å². The van der Waals surface area contributed by atoms with Crippen LogP contribution in [-0.4, -0.2) is 46.4 Å². The van der Waals surface area contributed by atoms with Crippen LogP contribution in [-0.2, 0) is 6.42 Å². The first-order valence-corrected chi connectivity index (χ1v) is 8.09. The van der Waals surface area contributed by atoms with E-state index in [1.54, 1.807) is 9.80 Å². The van der Waals surface area contributed by atoms with Gasteiger partial charge in [0.05, 0.1) is 7.05 Å². The van der Waals surface area contributed by atoms with Crippen LogP contribution in [0.3, 0.4) is 0 Å². The second-order valence-electron chi connectivity index (χ2n) is 6.36. The molecular formula is C18H30N2O+2. The molecule has 3 nitrogen and oxygen atoms in total. The van der Waals surface area contributed by atoms with Crippen LogP contribution in [0, 0.1) is 13.8 Å². The Morgan fingerprint density at radius 2 is 1.76 bits per heavy atom. The molecule has 1 aromatic rings. The van der Waals surface area contributed by atoms with Crippen molar-refractivity contribution in [2.75, 3.05) is 46.4 Å². The van der Waals surface area contributed by atoms with Gasteiger partial charge < -0.3 is 14.5 Å². The number of benzene rings is 1. The number of hydrogen-bond donors (Lipinski definition) is 2. The van der Waals surface area contributed by atoms with Crippen molar-refractivity contribution in [2.45, 2.75) is 20.3 Å². The van der Waals surface area contributed by atoms with Crippen LogP contribution in [0.15, 0.2) is 24.8 Å². The summed E-state index contributed by atoms with van der Waals surface area (Å²) in [5, 5.41) is 0. The molecule has 0 atom stereocenters. The summed E-state index contributed by atoms with van der Waals surface area (Å²) in [6.07, 6.45) is 2.88. The molecule has 0 aromatic heterocycles. The molecule has 116 valence electrons. The quantitative estimate of drug-likeness (QED) is 0.696. The van der Waals surface area contributed by atoms with Crippen molar-refractivity contribution < 1.29 is 14.5 Å². The summed E-state index contributed by atoms with van der Waals surface area (Å²) in [5.74, 6) is 1.07. The average Bonchev–Trinajstić information content (AvgIpc) is 2.44. The van der Waals surface area contributed by atoms with Crippen molar-refractivity contribution in [2.24, 2.45) is 0 Å². The number of ether oxygens (including phenoxy) is 1. The molecular weight excluding hydrogens is 260 g/mol. The van der Waals surface area contributed by atoms with Crippen LogP contribution in [0.5, 0.6) is 5.75 Å². The Morgan fingerprint density at radius 3 is 2.33 bits per heavy atom. The molecule has 21 heavy (non-hydrogen) atoms. The van der Waals surface area contributed by atoms with E-state index >= 15 is 0 Å². The van der Waals surface area contributed by atoms with E-state index in [1.165, 1.54) is 42.9 Å². The summed E-state index contributed by atoms with van der Waals surface area (Å²) in [5.41, 5.74) is 3.80. The molecule has 3 heteroatoms. The number of likely N-dealkylation sites (N-methyl/N-ethyl adjacent to an activating group) is 1. The van der Waals surface area contributed by atoms with E-state index in [9.17, 15) is 0 Å². The number of rotatable bonds is 6. The molecule has 1 fully saturated rings. The summed E-state index contributed by atoms with van der Waals surface area (Å²) >= 11 is 0. The second kappa shape index (κ2) is 7.62. The molecule has 0 radical (unpaired) electrons. The van der Waals surface area contributed by atoms with Gasteiger partial charge >= 0.3 is 0 Å². The lowest BCUT2D eigenvalue weighted by molar-refractivity contribution is -1.00. The van der Waals surface area contributed by atoms with E-state index in [1.807, 2.05) is 6.08 Å². The maximum absolute atomic E-state index is 6.08. The first kappa shape index (κ1) is 16.1. The maximum atomic E-state index is 6.08. The number of quaternary nitrogens is 2. The van der Waals surface area contributed by atoms with Crippen LogP contribution < -0.4 is 14.5 Å². The van der Waals surface area contributed by atoms with Gasteiger partial charge in [-0.25, -0.2) is 0 Å². The smallest absolute Gasteiger partial charge is 0.137 e. The number of hydrogen-bond acceptors (Lipinski definition) is 1. The minimum absolute atomic E-state index is 0.816. The van der Waals surface area contributed by atoms with Gasteiger partial charge in [0.15, 0.2) is 0 Å². The third-order valence-corrected chi connectivity index (χ3v) is 4.41. The van der Waals surface area contributed by atoms with Gasteiger partial charge in [0, 0.05) is 0 Å². The highest BCUT2D eigenvalue weighted by molar-refractivity contribution is 5.43. The normalized spacial score (nSPS) is 22.0. The van der Waals surface area contributed by atoms with Crippen molar-refractivity contribution in [3.05, 3.63) is 41.5 Å². The highest BCUT2D eigenvalue weighted by atomic mass is 16.5. The SMILES string of the molecule is C=CCc1cc(C)c(OCC[NH+]2CC[NH+](C)CC2)c(C)c1. The van der Waals surface area contributed by atoms with Crippen molar-refractivity contribution in [1.29, 1.82) is 0 Å². The van der Waals surface area contributed by atoms with Gasteiger partial charge in [-0.2, -0.15) is 0 Å². The summed E-state index contributed by atoms with van der Waals surface area (Å²) in [6.45, 7) is 15.1. The molecule has 0 unspecified atom stereocenters. The van der Waals surface area contributed by atoms with Crippen LogP contribution in [0.4, 0.5) is 0 Å². The minimum atomic E-state index is 0.816. The van der Waals surface area contributed by atoms with Crippen molar-refractivity contribution >= 4 is 0 Å². The van der Waals surface area contributed by atoms with Crippen molar-refractivity contribution in [3.63, 3.8) is 0 Å². The lowest BCUT2D eigenvalue weighted by Crippen LogP contribution is -3.27. The number of piperazine rings is 1. The molecule has 0 amide bonds. The standard InChI is InChI=1S/C18H28N2O/c1-5-6-17-13-15(2)18(16(3)14-17)21-12-11-20-9-7-19(4)8-10-20/h5,13-14H,1,6-12H2,2-4H3/p+2. The van der Waals surface area contributed by atoms with Crippen LogP contribution in [0.1, 0.15) is 16.7 Å². The van der Waals surface area contributed by atoms with Crippen LogP contribution >= 0.6 is 0 Å².